The molecule has 2 aromatic rings. The molecule has 2 N–H and O–H groups in total. The highest BCUT2D eigenvalue weighted by molar-refractivity contribution is 7.10. The van der Waals surface area contributed by atoms with Crippen LogP contribution in [0.2, 0.25) is 0 Å². The third-order valence-corrected chi connectivity index (χ3v) is 3.73. The van der Waals surface area contributed by atoms with Crippen molar-refractivity contribution >= 4 is 17.4 Å². The van der Waals surface area contributed by atoms with Crippen molar-refractivity contribution in [3.05, 3.63) is 27.8 Å². The van der Waals surface area contributed by atoms with Crippen molar-refractivity contribution in [2.45, 2.75) is 19.5 Å². The van der Waals surface area contributed by atoms with Crippen LogP contribution in [0.3, 0.4) is 0 Å². The minimum Gasteiger partial charge on any atom is -0.407 e. The second-order valence-corrected chi connectivity index (χ2v) is 4.72. The Balaban J connectivity index is 1.83. The smallest absolute Gasteiger partial charge is 0.318 e. The summed E-state index contributed by atoms with van der Waals surface area (Å²) < 4.78 is 5.45. The van der Waals surface area contributed by atoms with Crippen LogP contribution in [-0.2, 0) is 19.5 Å². The second-order valence-electron chi connectivity index (χ2n) is 3.72. The first kappa shape index (κ1) is 9.80. The molecule has 84 valence electrons. The van der Waals surface area contributed by atoms with Gasteiger partial charge in [-0.25, -0.2) is 0 Å². The zero-order valence-electron chi connectivity index (χ0n) is 8.72. The normalized spacial score (nSPS) is 15.2. The minimum absolute atomic E-state index is 0.296. The van der Waals surface area contributed by atoms with Crippen molar-refractivity contribution in [2.75, 3.05) is 11.4 Å². The van der Waals surface area contributed by atoms with Crippen molar-refractivity contribution < 1.29 is 4.42 Å². The number of nitrogens with two attached hydrogens (primary N) is 1. The Labute approximate surface area is 96.9 Å². The third kappa shape index (κ3) is 1.60. The van der Waals surface area contributed by atoms with Gasteiger partial charge >= 0.3 is 6.01 Å². The van der Waals surface area contributed by atoms with Gasteiger partial charge in [0.1, 0.15) is 0 Å². The predicted octanol–water partition coefficient (Wildman–Crippen LogP) is 1.15. The average molecular weight is 236 g/mol. The van der Waals surface area contributed by atoms with Gasteiger partial charge in [-0.1, -0.05) is 5.10 Å². The molecule has 0 radical (unpaired) electrons. The third-order valence-electron chi connectivity index (χ3n) is 2.71. The molecule has 3 rings (SSSR count). The summed E-state index contributed by atoms with van der Waals surface area (Å²) in [6.45, 7) is 2.08. The number of aromatic nitrogens is 2. The van der Waals surface area contributed by atoms with Crippen molar-refractivity contribution in [3.63, 3.8) is 0 Å². The molecule has 6 heteroatoms. The molecule has 1 aliphatic rings. The van der Waals surface area contributed by atoms with Crippen molar-refractivity contribution in [3.8, 4) is 0 Å². The number of hydrogen-bond acceptors (Lipinski definition) is 6. The van der Waals surface area contributed by atoms with E-state index in [0.29, 0.717) is 18.5 Å². The van der Waals surface area contributed by atoms with Crippen LogP contribution in [0.5, 0.6) is 0 Å². The van der Waals surface area contributed by atoms with Crippen LogP contribution in [0.15, 0.2) is 15.9 Å². The van der Waals surface area contributed by atoms with Gasteiger partial charge in [0, 0.05) is 18.0 Å². The molecule has 16 heavy (non-hydrogen) atoms. The van der Waals surface area contributed by atoms with Crippen LogP contribution >= 0.6 is 11.3 Å². The molecule has 0 saturated heterocycles. The van der Waals surface area contributed by atoms with Gasteiger partial charge < -0.3 is 15.1 Å². The molecular weight excluding hydrogens is 224 g/mol. The Hall–Kier alpha value is -1.40. The Morgan fingerprint density at radius 3 is 3.25 bits per heavy atom. The Bertz CT molecular complexity index is 492. The van der Waals surface area contributed by atoms with Crippen LogP contribution < -0.4 is 10.6 Å². The maximum Gasteiger partial charge on any atom is 0.318 e. The van der Waals surface area contributed by atoms with E-state index in [2.05, 4.69) is 26.5 Å². The molecule has 0 spiro atoms. The molecule has 0 atom stereocenters. The molecule has 0 bridgehead atoms. The Morgan fingerprint density at radius 2 is 2.44 bits per heavy atom. The summed E-state index contributed by atoms with van der Waals surface area (Å²) in [6.07, 6.45) is 1.05. The molecule has 0 saturated carbocycles. The van der Waals surface area contributed by atoms with Gasteiger partial charge in [-0.05, 0) is 23.4 Å². The van der Waals surface area contributed by atoms with Crippen LogP contribution in [-0.4, -0.2) is 16.7 Å². The molecule has 0 aliphatic carbocycles. The summed E-state index contributed by atoms with van der Waals surface area (Å²) in [5, 5.41) is 10.0. The number of thiophene rings is 1. The van der Waals surface area contributed by atoms with E-state index >= 15 is 0 Å². The largest absolute Gasteiger partial charge is 0.407 e. The van der Waals surface area contributed by atoms with Gasteiger partial charge in [0.2, 0.25) is 5.89 Å². The standard InChI is InChI=1S/C10H12N4OS/c11-5-9-12-13-10(15-9)14-3-1-8-7(6-14)2-4-16-8/h2,4H,1,3,5-6,11H2. The van der Waals surface area contributed by atoms with E-state index in [0.717, 1.165) is 19.5 Å². The average Bonchev–Trinajstić information content (AvgIpc) is 2.96. The Morgan fingerprint density at radius 1 is 1.50 bits per heavy atom. The van der Waals surface area contributed by atoms with Gasteiger partial charge in [-0.3, -0.25) is 0 Å². The highest BCUT2D eigenvalue weighted by Gasteiger charge is 2.21. The van der Waals surface area contributed by atoms with Gasteiger partial charge in [-0.15, -0.1) is 16.4 Å². The number of nitrogens with zero attached hydrogens (tertiary/aromatic N) is 3. The molecule has 1 aliphatic heterocycles. The molecule has 2 aromatic heterocycles. The van der Waals surface area contributed by atoms with Gasteiger partial charge in [0.15, 0.2) is 0 Å². The zero-order chi connectivity index (χ0) is 11.0. The van der Waals surface area contributed by atoms with E-state index in [4.69, 9.17) is 10.2 Å². The molecule has 0 amide bonds. The maximum atomic E-state index is 5.45. The first-order valence-electron chi connectivity index (χ1n) is 5.19. The van der Waals surface area contributed by atoms with Gasteiger partial charge in [0.05, 0.1) is 6.54 Å². The van der Waals surface area contributed by atoms with Crippen molar-refractivity contribution in [1.29, 1.82) is 0 Å². The summed E-state index contributed by atoms with van der Waals surface area (Å²) in [6, 6.07) is 2.74. The fourth-order valence-corrected chi connectivity index (χ4v) is 2.76. The first-order chi connectivity index (χ1) is 7.86. The van der Waals surface area contributed by atoms with Crippen LogP contribution in [0.25, 0.3) is 0 Å². The van der Waals surface area contributed by atoms with Crippen LogP contribution in [0.1, 0.15) is 16.3 Å². The molecule has 0 fully saturated rings. The highest BCUT2D eigenvalue weighted by atomic mass is 32.1. The first-order valence-corrected chi connectivity index (χ1v) is 6.07. The summed E-state index contributed by atoms with van der Waals surface area (Å²) in [5.74, 6) is 0.492. The summed E-state index contributed by atoms with van der Waals surface area (Å²) in [7, 11) is 0. The number of hydrogen-bond donors (Lipinski definition) is 1. The fourth-order valence-electron chi connectivity index (χ4n) is 1.87. The highest BCUT2D eigenvalue weighted by Crippen LogP contribution is 2.26. The van der Waals surface area contributed by atoms with E-state index in [1.54, 1.807) is 0 Å². The lowest BCUT2D eigenvalue weighted by Crippen LogP contribution is -2.29. The molecular formula is C10H12N4OS. The topological polar surface area (TPSA) is 68.2 Å². The second kappa shape index (κ2) is 3.88. The van der Waals surface area contributed by atoms with E-state index in [1.807, 2.05) is 11.3 Å². The summed E-state index contributed by atoms with van der Waals surface area (Å²) in [4.78, 5) is 3.57. The Kier molecular flexibility index (Phi) is 2.37. The monoisotopic (exact) mass is 236 g/mol. The van der Waals surface area contributed by atoms with E-state index < -0.39 is 0 Å². The SMILES string of the molecule is NCc1nnc(N2CCc3sccc3C2)o1. The molecule has 0 aromatic carbocycles. The van der Waals surface area contributed by atoms with Crippen molar-refractivity contribution in [2.24, 2.45) is 5.73 Å². The van der Waals surface area contributed by atoms with Gasteiger partial charge in [0.25, 0.3) is 0 Å². The van der Waals surface area contributed by atoms with Crippen LogP contribution in [0, 0.1) is 0 Å². The maximum absolute atomic E-state index is 5.45. The lowest BCUT2D eigenvalue weighted by atomic mass is 10.1. The van der Waals surface area contributed by atoms with Crippen LogP contribution in [0.4, 0.5) is 6.01 Å². The van der Waals surface area contributed by atoms with E-state index in [1.165, 1.54) is 10.4 Å². The number of anilines is 1. The van der Waals surface area contributed by atoms with E-state index in [9.17, 15) is 0 Å². The van der Waals surface area contributed by atoms with Crippen molar-refractivity contribution in [1.82, 2.24) is 10.2 Å². The summed E-state index contributed by atoms with van der Waals surface area (Å²) in [5.41, 5.74) is 6.80. The number of rotatable bonds is 2. The molecule has 3 heterocycles. The zero-order valence-corrected chi connectivity index (χ0v) is 9.54. The molecule has 0 unspecified atom stereocenters. The van der Waals surface area contributed by atoms with E-state index in [-0.39, 0.29) is 0 Å². The lowest BCUT2D eigenvalue weighted by molar-refractivity contribution is 0.480. The fraction of sp³-hybridized carbons (Fsp3) is 0.400. The minimum atomic E-state index is 0.296. The van der Waals surface area contributed by atoms with Gasteiger partial charge in [-0.2, -0.15) is 0 Å². The summed E-state index contributed by atoms with van der Waals surface area (Å²) >= 11 is 1.82. The quantitative estimate of drug-likeness (QED) is 0.847. The number of fused-ring (bicyclic) bond motifs is 1. The lowest BCUT2D eigenvalue weighted by Gasteiger charge is -2.24. The predicted molar refractivity (Wildman–Crippen MR) is 61.3 cm³/mol. The molecule has 5 nitrogen and oxygen atoms in total.